The molecule has 0 atom stereocenters. The lowest BCUT2D eigenvalue weighted by molar-refractivity contribution is 1.01. The molecule has 0 aliphatic carbocycles. The Bertz CT molecular complexity index is 1530. The lowest BCUT2D eigenvalue weighted by atomic mass is 10.0. The number of hydrogen-bond acceptors (Lipinski definition) is 2. The van der Waals surface area contributed by atoms with Crippen molar-refractivity contribution in [2.45, 2.75) is 0 Å². The third-order valence-corrected chi connectivity index (χ3v) is 5.79. The fourth-order valence-electron chi connectivity index (χ4n) is 4.05. The van der Waals surface area contributed by atoms with E-state index < -0.39 is 0 Å². The van der Waals surface area contributed by atoms with Crippen LogP contribution in [0.5, 0.6) is 0 Å². The van der Waals surface area contributed by atoms with E-state index in [1.54, 1.807) is 0 Å². The Hall–Kier alpha value is -3.24. The van der Waals surface area contributed by atoms with Crippen LogP contribution in [0.3, 0.4) is 0 Å². The first-order valence-electron chi connectivity index (χ1n) is 9.13. The van der Waals surface area contributed by atoms with Gasteiger partial charge in [-0.05, 0) is 41.1 Å². The molecule has 0 amide bonds. The number of aromatic nitrogens is 3. The lowest BCUT2D eigenvalue weighted by Crippen LogP contribution is -2.00. The summed E-state index contributed by atoms with van der Waals surface area (Å²) < 4.78 is 3.22. The predicted molar refractivity (Wildman–Crippen MR) is 119 cm³/mol. The van der Waals surface area contributed by atoms with Gasteiger partial charge in [-0.2, -0.15) is 0 Å². The molecule has 0 saturated heterocycles. The van der Waals surface area contributed by atoms with Gasteiger partial charge in [0.25, 0.3) is 0 Å². The molecular weight excluding hydrogens is 410 g/mol. The van der Waals surface area contributed by atoms with Crippen molar-refractivity contribution in [3.05, 3.63) is 89.5 Å². The second-order valence-corrected chi connectivity index (χ2v) is 7.82. The maximum absolute atomic E-state index is 4.86. The first-order valence-corrected chi connectivity index (χ1v) is 9.92. The Kier molecular flexibility index (Phi) is 3.31. The maximum atomic E-state index is 4.86. The number of para-hydroxylation sites is 1. The number of benzene rings is 4. The van der Waals surface area contributed by atoms with E-state index in [0.29, 0.717) is 5.95 Å². The Balaban J connectivity index is 1.81. The maximum Gasteiger partial charge on any atom is 0.235 e. The highest BCUT2D eigenvalue weighted by atomic mass is 79.9. The number of hydrogen-bond donors (Lipinski definition) is 0. The molecule has 0 aliphatic rings. The summed E-state index contributed by atoms with van der Waals surface area (Å²) in [6, 6.07) is 27.3. The standard InChI is InChI=1S/C24H14BrN3/c25-17-10-12-21-19(13-17)23-18-7-3-1-5-15(18)9-11-22(23)28(21)24-26-14-16-6-2-4-8-20(16)27-24/h1-14H. The van der Waals surface area contributed by atoms with Crippen molar-refractivity contribution in [2.24, 2.45) is 0 Å². The van der Waals surface area contributed by atoms with Crippen LogP contribution in [0.1, 0.15) is 0 Å². The van der Waals surface area contributed by atoms with Gasteiger partial charge in [0.15, 0.2) is 0 Å². The van der Waals surface area contributed by atoms with E-state index in [4.69, 9.17) is 9.97 Å². The van der Waals surface area contributed by atoms with Crippen molar-refractivity contribution in [1.29, 1.82) is 0 Å². The van der Waals surface area contributed by atoms with Crippen LogP contribution in [0.4, 0.5) is 0 Å². The van der Waals surface area contributed by atoms with E-state index in [2.05, 4.69) is 75.1 Å². The summed E-state index contributed by atoms with van der Waals surface area (Å²) in [7, 11) is 0. The van der Waals surface area contributed by atoms with Gasteiger partial charge in [-0.25, -0.2) is 9.97 Å². The largest absolute Gasteiger partial charge is 0.278 e. The topological polar surface area (TPSA) is 30.7 Å². The molecule has 6 rings (SSSR count). The van der Waals surface area contributed by atoms with Crippen molar-refractivity contribution in [3.8, 4) is 5.95 Å². The molecule has 0 saturated carbocycles. The average molecular weight is 424 g/mol. The number of halogens is 1. The summed E-state index contributed by atoms with van der Waals surface area (Å²) in [5.74, 6) is 0.691. The summed E-state index contributed by atoms with van der Waals surface area (Å²) in [4.78, 5) is 9.55. The Labute approximate surface area is 169 Å². The normalized spacial score (nSPS) is 11.8. The van der Waals surface area contributed by atoms with Gasteiger partial charge < -0.3 is 0 Å². The second-order valence-electron chi connectivity index (χ2n) is 6.91. The van der Waals surface area contributed by atoms with Crippen LogP contribution in [-0.4, -0.2) is 14.5 Å². The molecule has 0 radical (unpaired) electrons. The summed E-state index contributed by atoms with van der Waals surface area (Å²) in [6.45, 7) is 0. The highest BCUT2D eigenvalue weighted by Gasteiger charge is 2.16. The number of rotatable bonds is 1. The Morgan fingerprint density at radius 1 is 0.714 bits per heavy atom. The minimum Gasteiger partial charge on any atom is -0.278 e. The molecule has 3 nitrogen and oxygen atoms in total. The van der Waals surface area contributed by atoms with E-state index in [9.17, 15) is 0 Å². The van der Waals surface area contributed by atoms with Crippen LogP contribution in [0, 0.1) is 0 Å². The second kappa shape index (κ2) is 5.88. The monoisotopic (exact) mass is 423 g/mol. The smallest absolute Gasteiger partial charge is 0.235 e. The van der Waals surface area contributed by atoms with Gasteiger partial charge in [-0.1, -0.05) is 64.5 Å². The van der Waals surface area contributed by atoms with E-state index in [1.807, 2.05) is 30.5 Å². The van der Waals surface area contributed by atoms with Crippen LogP contribution in [0.2, 0.25) is 0 Å². The highest BCUT2D eigenvalue weighted by Crippen LogP contribution is 2.37. The molecule has 0 spiro atoms. The number of nitrogens with zero attached hydrogens (tertiary/aromatic N) is 3. The van der Waals surface area contributed by atoms with Gasteiger partial charge in [0, 0.05) is 26.8 Å². The predicted octanol–water partition coefficient (Wildman–Crippen LogP) is 6.64. The van der Waals surface area contributed by atoms with E-state index >= 15 is 0 Å². The molecule has 28 heavy (non-hydrogen) atoms. The zero-order valence-corrected chi connectivity index (χ0v) is 16.4. The summed E-state index contributed by atoms with van der Waals surface area (Å²) in [5, 5.41) is 5.93. The molecule has 0 unspecified atom stereocenters. The van der Waals surface area contributed by atoms with Crippen LogP contribution in [-0.2, 0) is 0 Å². The van der Waals surface area contributed by atoms with Gasteiger partial charge in [-0.15, -0.1) is 0 Å². The third kappa shape index (κ3) is 2.21. The molecule has 132 valence electrons. The zero-order chi connectivity index (χ0) is 18.7. The van der Waals surface area contributed by atoms with Crippen LogP contribution in [0.25, 0.3) is 49.4 Å². The molecular formula is C24H14BrN3. The first-order chi connectivity index (χ1) is 13.8. The van der Waals surface area contributed by atoms with Gasteiger partial charge in [0.2, 0.25) is 5.95 Å². The molecule has 0 bridgehead atoms. The number of fused-ring (bicyclic) bond motifs is 6. The molecule has 0 N–H and O–H groups in total. The summed E-state index contributed by atoms with van der Waals surface area (Å²) >= 11 is 3.64. The molecule has 6 aromatic rings. The van der Waals surface area contributed by atoms with Crippen molar-refractivity contribution in [2.75, 3.05) is 0 Å². The summed E-state index contributed by atoms with van der Waals surface area (Å²) in [5.41, 5.74) is 3.16. The van der Waals surface area contributed by atoms with Gasteiger partial charge in [0.05, 0.1) is 16.6 Å². The summed E-state index contributed by atoms with van der Waals surface area (Å²) in [6.07, 6.45) is 1.90. The van der Waals surface area contributed by atoms with Crippen molar-refractivity contribution < 1.29 is 0 Å². The van der Waals surface area contributed by atoms with Gasteiger partial charge >= 0.3 is 0 Å². The Morgan fingerprint density at radius 2 is 1.50 bits per heavy atom. The zero-order valence-electron chi connectivity index (χ0n) is 14.8. The first kappa shape index (κ1) is 15.8. The fraction of sp³-hybridized carbons (Fsp3) is 0. The van der Waals surface area contributed by atoms with Crippen molar-refractivity contribution in [1.82, 2.24) is 14.5 Å². The Morgan fingerprint density at radius 3 is 2.43 bits per heavy atom. The average Bonchev–Trinajstić information content (AvgIpc) is 3.07. The fourth-order valence-corrected chi connectivity index (χ4v) is 4.41. The van der Waals surface area contributed by atoms with Crippen LogP contribution >= 0.6 is 15.9 Å². The quantitative estimate of drug-likeness (QED) is 0.296. The molecule has 2 aromatic heterocycles. The molecule has 4 heteroatoms. The molecule has 0 fully saturated rings. The molecule has 0 aliphatic heterocycles. The van der Waals surface area contributed by atoms with E-state index in [-0.39, 0.29) is 0 Å². The van der Waals surface area contributed by atoms with Crippen molar-refractivity contribution >= 4 is 59.4 Å². The van der Waals surface area contributed by atoms with Gasteiger partial charge in [-0.3, -0.25) is 4.57 Å². The molecule has 2 heterocycles. The minimum atomic E-state index is 0.691. The lowest BCUT2D eigenvalue weighted by Gasteiger charge is -2.07. The SMILES string of the molecule is Brc1ccc2c(c1)c1c3ccccc3ccc1n2-c1ncc2ccccc2n1. The third-order valence-electron chi connectivity index (χ3n) is 5.29. The van der Waals surface area contributed by atoms with Crippen LogP contribution < -0.4 is 0 Å². The van der Waals surface area contributed by atoms with Crippen LogP contribution in [0.15, 0.2) is 89.5 Å². The van der Waals surface area contributed by atoms with E-state index in [1.165, 1.54) is 21.5 Å². The van der Waals surface area contributed by atoms with Gasteiger partial charge in [0.1, 0.15) is 0 Å². The van der Waals surface area contributed by atoms with E-state index in [0.717, 1.165) is 26.4 Å². The molecule has 4 aromatic carbocycles. The minimum absolute atomic E-state index is 0.691. The highest BCUT2D eigenvalue weighted by molar-refractivity contribution is 9.10. The van der Waals surface area contributed by atoms with Crippen molar-refractivity contribution in [3.63, 3.8) is 0 Å².